The monoisotopic (exact) mass is 147 g/mol. The van der Waals surface area contributed by atoms with Crippen molar-refractivity contribution in [3.63, 3.8) is 0 Å². The van der Waals surface area contributed by atoms with Crippen LogP contribution in [0.15, 0.2) is 0 Å². The number of unbranched alkanes of at least 4 members (excludes halogenated alkanes) is 1. The molecule has 0 aromatic carbocycles. The summed E-state index contributed by atoms with van der Waals surface area (Å²) < 4.78 is 4.66. The van der Waals surface area contributed by atoms with Gasteiger partial charge in [-0.1, -0.05) is 0 Å². The third-order valence-electron chi connectivity index (χ3n) is 1.06. The summed E-state index contributed by atoms with van der Waals surface area (Å²) in [6.45, 7) is 0. The van der Waals surface area contributed by atoms with Gasteiger partial charge in [-0.05, 0) is 18.6 Å². The molecule has 2 nitrogen and oxygen atoms in total. The molecule has 0 aliphatic heterocycles. The van der Waals surface area contributed by atoms with Crippen molar-refractivity contribution in [1.29, 1.82) is 5.41 Å². The minimum atomic E-state index is 0.372. The maximum Gasteiger partial charge on any atom is 0.180 e. The van der Waals surface area contributed by atoms with Crippen molar-refractivity contribution in [3.8, 4) is 0 Å². The fourth-order valence-electron chi connectivity index (χ4n) is 0.499. The van der Waals surface area contributed by atoms with Crippen molar-refractivity contribution in [2.45, 2.75) is 19.3 Å². The van der Waals surface area contributed by atoms with Crippen LogP contribution in [0.5, 0.6) is 0 Å². The van der Waals surface area contributed by atoms with Crippen molar-refractivity contribution in [2.24, 2.45) is 0 Å². The molecule has 0 spiro atoms. The van der Waals surface area contributed by atoms with Crippen molar-refractivity contribution in [1.82, 2.24) is 0 Å². The summed E-state index contributed by atoms with van der Waals surface area (Å²) >= 11 is 4.04. The molecule has 0 unspecified atom stereocenters. The maximum absolute atomic E-state index is 7.07. The average molecular weight is 147 g/mol. The normalized spacial score (nSPS) is 9.11. The second-order valence-corrected chi connectivity index (χ2v) is 2.26. The van der Waals surface area contributed by atoms with E-state index in [1.807, 2.05) is 0 Å². The molecule has 0 aromatic rings. The lowest BCUT2D eigenvalue weighted by Crippen LogP contribution is -1.97. The van der Waals surface area contributed by atoms with Crippen molar-refractivity contribution in [2.75, 3.05) is 12.9 Å². The summed E-state index contributed by atoms with van der Waals surface area (Å²) in [5.41, 5.74) is 0. The Morgan fingerprint density at radius 3 is 2.67 bits per heavy atom. The molecule has 54 valence electrons. The second kappa shape index (κ2) is 5.95. The molecule has 0 saturated carbocycles. The van der Waals surface area contributed by atoms with E-state index in [0.29, 0.717) is 5.90 Å². The first-order chi connectivity index (χ1) is 4.31. The fraction of sp³-hybridized carbons (Fsp3) is 0.833. The van der Waals surface area contributed by atoms with Gasteiger partial charge in [0.1, 0.15) is 0 Å². The van der Waals surface area contributed by atoms with Crippen LogP contribution in [0.1, 0.15) is 19.3 Å². The molecular weight excluding hydrogens is 134 g/mol. The Hall–Kier alpha value is -0.180. The highest BCUT2D eigenvalue weighted by Crippen LogP contribution is 1.97. The van der Waals surface area contributed by atoms with Crippen LogP contribution in [0.2, 0.25) is 0 Å². The molecule has 0 atom stereocenters. The number of methoxy groups -OCH3 is 1. The van der Waals surface area contributed by atoms with Gasteiger partial charge in [-0.15, -0.1) is 0 Å². The summed E-state index contributed by atoms with van der Waals surface area (Å²) in [5.74, 6) is 1.27. The summed E-state index contributed by atoms with van der Waals surface area (Å²) in [4.78, 5) is 0. The topological polar surface area (TPSA) is 33.1 Å². The van der Waals surface area contributed by atoms with E-state index in [-0.39, 0.29) is 0 Å². The van der Waals surface area contributed by atoms with E-state index < -0.39 is 0 Å². The molecule has 0 saturated heterocycles. The molecule has 0 heterocycles. The van der Waals surface area contributed by atoms with Crippen LogP contribution in [-0.2, 0) is 4.74 Å². The van der Waals surface area contributed by atoms with Gasteiger partial charge in [0.05, 0.1) is 7.11 Å². The van der Waals surface area contributed by atoms with E-state index in [4.69, 9.17) is 5.41 Å². The lowest BCUT2D eigenvalue weighted by Gasteiger charge is -1.98. The van der Waals surface area contributed by atoms with Crippen LogP contribution >= 0.6 is 12.6 Å². The number of thiol groups is 1. The number of ether oxygens (including phenoxy) is 1. The third-order valence-corrected chi connectivity index (χ3v) is 1.37. The maximum atomic E-state index is 7.07. The Morgan fingerprint density at radius 1 is 1.56 bits per heavy atom. The van der Waals surface area contributed by atoms with Gasteiger partial charge in [0.15, 0.2) is 5.90 Å². The Labute approximate surface area is 61.5 Å². The predicted octanol–water partition coefficient (Wildman–Crippen LogP) is 1.71. The smallest absolute Gasteiger partial charge is 0.180 e. The highest BCUT2D eigenvalue weighted by atomic mass is 32.1. The molecule has 3 heteroatoms. The van der Waals surface area contributed by atoms with E-state index in [9.17, 15) is 0 Å². The molecule has 0 rings (SSSR count). The summed E-state index contributed by atoms with van der Waals surface area (Å²) in [7, 11) is 1.53. The Kier molecular flexibility index (Phi) is 5.83. The van der Waals surface area contributed by atoms with Crippen LogP contribution in [-0.4, -0.2) is 18.8 Å². The van der Waals surface area contributed by atoms with Crippen molar-refractivity contribution in [3.05, 3.63) is 0 Å². The molecule has 9 heavy (non-hydrogen) atoms. The molecule has 0 aromatic heterocycles. The quantitative estimate of drug-likeness (QED) is 0.270. The van der Waals surface area contributed by atoms with Crippen LogP contribution in [0, 0.1) is 5.41 Å². The Balaban J connectivity index is 2.97. The predicted molar refractivity (Wildman–Crippen MR) is 42.4 cm³/mol. The molecule has 0 bridgehead atoms. The summed E-state index contributed by atoms with van der Waals surface area (Å²) in [5, 5.41) is 7.07. The molecule has 0 aliphatic rings. The first-order valence-corrected chi connectivity index (χ1v) is 3.66. The molecule has 0 amide bonds. The number of hydrogen-bond acceptors (Lipinski definition) is 3. The highest BCUT2D eigenvalue weighted by molar-refractivity contribution is 7.80. The van der Waals surface area contributed by atoms with Gasteiger partial charge in [0.2, 0.25) is 0 Å². The second-order valence-electron chi connectivity index (χ2n) is 1.81. The van der Waals surface area contributed by atoms with E-state index in [1.165, 1.54) is 7.11 Å². The Morgan fingerprint density at radius 2 is 2.22 bits per heavy atom. The summed E-state index contributed by atoms with van der Waals surface area (Å²) in [6.07, 6.45) is 2.82. The molecule has 0 radical (unpaired) electrons. The largest absolute Gasteiger partial charge is 0.484 e. The molecule has 0 fully saturated rings. The summed E-state index contributed by atoms with van der Waals surface area (Å²) in [6, 6.07) is 0. The number of hydrogen-bond donors (Lipinski definition) is 2. The van der Waals surface area contributed by atoms with Crippen molar-refractivity contribution < 1.29 is 4.74 Å². The van der Waals surface area contributed by atoms with E-state index >= 15 is 0 Å². The van der Waals surface area contributed by atoms with E-state index in [0.717, 1.165) is 25.0 Å². The van der Waals surface area contributed by atoms with Gasteiger partial charge in [0, 0.05) is 6.42 Å². The standard InChI is InChI=1S/C6H13NOS/c1-8-6(7)4-2-3-5-9/h7,9H,2-5H2,1H3. The number of nitrogens with one attached hydrogen (secondary N) is 1. The van der Waals surface area contributed by atoms with Crippen LogP contribution in [0.3, 0.4) is 0 Å². The molecular formula is C6H13NOS. The SMILES string of the molecule is COC(=N)CCCCS. The van der Waals surface area contributed by atoms with Gasteiger partial charge in [-0.25, -0.2) is 0 Å². The zero-order chi connectivity index (χ0) is 7.11. The van der Waals surface area contributed by atoms with Gasteiger partial charge in [0.25, 0.3) is 0 Å². The van der Waals surface area contributed by atoms with Gasteiger partial charge in [-0.3, -0.25) is 5.41 Å². The van der Waals surface area contributed by atoms with Gasteiger partial charge < -0.3 is 4.74 Å². The van der Waals surface area contributed by atoms with Crippen LogP contribution < -0.4 is 0 Å². The lowest BCUT2D eigenvalue weighted by atomic mass is 10.2. The zero-order valence-electron chi connectivity index (χ0n) is 5.68. The average Bonchev–Trinajstić information content (AvgIpc) is 1.89. The van der Waals surface area contributed by atoms with Crippen LogP contribution in [0.25, 0.3) is 0 Å². The number of rotatable bonds is 4. The van der Waals surface area contributed by atoms with E-state index in [2.05, 4.69) is 17.4 Å². The van der Waals surface area contributed by atoms with Gasteiger partial charge in [-0.2, -0.15) is 12.6 Å². The fourth-order valence-corrected chi connectivity index (χ4v) is 0.723. The zero-order valence-corrected chi connectivity index (χ0v) is 6.58. The minimum absolute atomic E-state index is 0.372. The highest BCUT2D eigenvalue weighted by Gasteiger charge is 1.92. The minimum Gasteiger partial charge on any atom is -0.484 e. The van der Waals surface area contributed by atoms with E-state index in [1.54, 1.807) is 0 Å². The lowest BCUT2D eigenvalue weighted by molar-refractivity contribution is 0.384. The third kappa shape index (κ3) is 5.69. The van der Waals surface area contributed by atoms with Crippen molar-refractivity contribution >= 4 is 18.5 Å². The van der Waals surface area contributed by atoms with Crippen LogP contribution in [0.4, 0.5) is 0 Å². The van der Waals surface area contributed by atoms with Gasteiger partial charge >= 0.3 is 0 Å². The first-order valence-electron chi connectivity index (χ1n) is 3.03. The Bertz CT molecular complexity index is 85.1. The molecule has 1 N–H and O–H groups in total. The molecule has 0 aliphatic carbocycles. The first kappa shape index (κ1) is 8.82.